The number of rotatable bonds is 12. The van der Waals surface area contributed by atoms with Crippen molar-refractivity contribution < 1.29 is 4.74 Å². The highest BCUT2D eigenvalue weighted by molar-refractivity contribution is 7.98. The van der Waals surface area contributed by atoms with Crippen LogP contribution in [0.3, 0.4) is 0 Å². The number of nitrogens with zero attached hydrogens (tertiary/aromatic N) is 4. The molecule has 1 aromatic carbocycles. The number of ether oxygens (including phenoxy) is 1. The maximum atomic E-state index is 5.91. The van der Waals surface area contributed by atoms with E-state index in [4.69, 9.17) is 4.74 Å². The number of aryl methyl sites for hydroxylation is 2. The Labute approximate surface area is 191 Å². The molecule has 2 rings (SSSR count). The van der Waals surface area contributed by atoms with E-state index in [2.05, 4.69) is 82.5 Å². The molecule has 172 valence electrons. The molecule has 0 radical (unpaired) electrons. The van der Waals surface area contributed by atoms with Gasteiger partial charge in [-0.05, 0) is 43.6 Å². The van der Waals surface area contributed by atoms with Gasteiger partial charge in [-0.15, -0.1) is 10.2 Å². The minimum atomic E-state index is 0.565. The fourth-order valence-corrected chi connectivity index (χ4v) is 3.73. The molecule has 0 bridgehead atoms. The topological polar surface area (TPSA) is 76.4 Å². The van der Waals surface area contributed by atoms with E-state index in [1.54, 1.807) is 18.8 Å². The molecule has 0 fully saturated rings. The molecule has 0 aliphatic carbocycles. The van der Waals surface area contributed by atoms with Crippen molar-refractivity contribution in [2.24, 2.45) is 10.9 Å². The summed E-state index contributed by atoms with van der Waals surface area (Å²) in [6.45, 7) is 11.8. The van der Waals surface area contributed by atoms with Crippen LogP contribution in [0.2, 0.25) is 0 Å². The van der Waals surface area contributed by atoms with Crippen molar-refractivity contribution in [3.63, 3.8) is 0 Å². The second-order valence-electron chi connectivity index (χ2n) is 8.02. The number of thioether (sulfide) groups is 1. The average Bonchev–Trinajstić information content (AvgIpc) is 3.13. The van der Waals surface area contributed by atoms with Gasteiger partial charge in [0.2, 0.25) is 0 Å². The van der Waals surface area contributed by atoms with E-state index < -0.39 is 0 Å². The highest BCUT2D eigenvalue weighted by Crippen LogP contribution is 2.20. The molecule has 2 aromatic rings. The first kappa shape index (κ1) is 25.0. The number of nitrogens with one attached hydrogen (secondary N) is 2. The standard InChI is InChI=1S/C23H38N6OS/c1-7-13-30-20-14-18(4)10-11-19(20)15-26-22(24-5)25-12-8-9-21-27-28-23(31-6)29(21)16-17(2)3/h10-11,14,17H,7-9,12-13,15-16H2,1-6H3,(H2,24,25,26). The van der Waals surface area contributed by atoms with E-state index in [9.17, 15) is 0 Å². The van der Waals surface area contributed by atoms with Crippen molar-refractivity contribution >= 4 is 17.7 Å². The van der Waals surface area contributed by atoms with Gasteiger partial charge in [0, 0.05) is 38.7 Å². The Morgan fingerprint density at radius 1 is 1.26 bits per heavy atom. The lowest BCUT2D eigenvalue weighted by Gasteiger charge is -2.15. The van der Waals surface area contributed by atoms with Crippen molar-refractivity contribution in [1.29, 1.82) is 0 Å². The molecule has 0 atom stereocenters. The van der Waals surface area contributed by atoms with E-state index in [0.717, 1.165) is 67.2 Å². The van der Waals surface area contributed by atoms with Gasteiger partial charge in [0.25, 0.3) is 0 Å². The van der Waals surface area contributed by atoms with Gasteiger partial charge < -0.3 is 19.9 Å². The molecule has 0 spiro atoms. The van der Waals surface area contributed by atoms with Gasteiger partial charge in [-0.3, -0.25) is 4.99 Å². The first-order valence-electron chi connectivity index (χ1n) is 11.1. The zero-order valence-electron chi connectivity index (χ0n) is 19.9. The molecule has 1 aromatic heterocycles. The molecule has 7 nitrogen and oxygen atoms in total. The molecule has 0 aliphatic heterocycles. The molecular formula is C23H38N6OS. The molecule has 0 aliphatic rings. The molecular weight excluding hydrogens is 408 g/mol. The van der Waals surface area contributed by atoms with Gasteiger partial charge in [0.1, 0.15) is 11.6 Å². The highest BCUT2D eigenvalue weighted by Gasteiger charge is 2.12. The van der Waals surface area contributed by atoms with Crippen LogP contribution in [-0.4, -0.2) is 47.2 Å². The molecule has 0 amide bonds. The monoisotopic (exact) mass is 446 g/mol. The van der Waals surface area contributed by atoms with Gasteiger partial charge >= 0.3 is 0 Å². The minimum absolute atomic E-state index is 0.565. The SMILES string of the molecule is CCCOc1cc(C)ccc1CNC(=NC)NCCCc1nnc(SC)n1CC(C)C. The van der Waals surface area contributed by atoms with Crippen LogP contribution in [0.4, 0.5) is 0 Å². The highest BCUT2D eigenvalue weighted by atomic mass is 32.2. The Bertz CT molecular complexity index is 833. The third-order valence-corrected chi connectivity index (χ3v) is 5.41. The fraction of sp³-hybridized carbons (Fsp3) is 0.609. The molecule has 2 N–H and O–H groups in total. The Hall–Kier alpha value is -2.22. The van der Waals surface area contributed by atoms with Crippen molar-refractivity contribution in [3.05, 3.63) is 35.2 Å². The van der Waals surface area contributed by atoms with Gasteiger partial charge in [-0.2, -0.15) is 0 Å². The maximum absolute atomic E-state index is 5.91. The van der Waals surface area contributed by atoms with Crippen molar-refractivity contribution in [1.82, 2.24) is 25.4 Å². The van der Waals surface area contributed by atoms with Crippen molar-refractivity contribution in [2.45, 2.75) is 65.2 Å². The van der Waals surface area contributed by atoms with Crippen LogP contribution in [0.1, 0.15) is 50.6 Å². The van der Waals surface area contributed by atoms with E-state index in [0.29, 0.717) is 12.5 Å². The predicted molar refractivity (Wildman–Crippen MR) is 130 cm³/mol. The maximum Gasteiger partial charge on any atom is 0.191 e. The van der Waals surface area contributed by atoms with Gasteiger partial charge in [0.05, 0.1) is 6.61 Å². The van der Waals surface area contributed by atoms with Crippen LogP contribution in [0.15, 0.2) is 28.3 Å². The first-order chi connectivity index (χ1) is 15.0. The summed E-state index contributed by atoms with van der Waals surface area (Å²) in [5.41, 5.74) is 2.33. The summed E-state index contributed by atoms with van der Waals surface area (Å²) in [6.07, 6.45) is 4.89. The smallest absolute Gasteiger partial charge is 0.191 e. The second-order valence-corrected chi connectivity index (χ2v) is 8.80. The molecule has 31 heavy (non-hydrogen) atoms. The molecule has 0 saturated heterocycles. The zero-order chi connectivity index (χ0) is 22.6. The van der Waals surface area contributed by atoms with Crippen LogP contribution >= 0.6 is 11.8 Å². The lowest BCUT2D eigenvalue weighted by molar-refractivity contribution is 0.313. The van der Waals surface area contributed by atoms with E-state index >= 15 is 0 Å². The van der Waals surface area contributed by atoms with Crippen molar-refractivity contribution in [3.8, 4) is 5.75 Å². The number of aliphatic imine (C=N–C) groups is 1. The normalized spacial score (nSPS) is 11.8. The minimum Gasteiger partial charge on any atom is -0.493 e. The Morgan fingerprint density at radius 3 is 2.74 bits per heavy atom. The Morgan fingerprint density at radius 2 is 2.06 bits per heavy atom. The van der Waals surface area contributed by atoms with Gasteiger partial charge in [-0.1, -0.05) is 44.7 Å². The first-order valence-corrected chi connectivity index (χ1v) is 12.3. The largest absolute Gasteiger partial charge is 0.493 e. The average molecular weight is 447 g/mol. The van der Waals surface area contributed by atoms with Crippen LogP contribution in [0.25, 0.3) is 0 Å². The molecule has 0 saturated carbocycles. The van der Waals surface area contributed by atoms with Crippen LogP contribution in [0.5, 0.6) is 5.75 Å². The number of hydrogen-bond donors (Lipinski definition) is 2. The Balaban J connectivity index is 1.84. The number of aromatic nitrogens is 3. The van der Waals surface area contributed by atoms with E-state index in [1.807, 2.05) is 0 Å². The van der Waals surface area contributed by atoms with E-state index in [-0.39, 0.29) is 0 Å². The third-order valence-electron chi connectivity index (χ3n) is 4.75. The third kappa shape index (κ3) is 8.09. The fourth-order valence-electron chi connectivity index (χ4n) is 3.21. The van der Waals surface area contributed by atoms with E-state index in [1.165, 1.54) is 5.56 Å². The predicted octanol–water partition coefficient (Wildman–Crippen LogP) is 4.05. The number of hydrogen-bond acceptors (Lipinski definition) is 5. The van der Waals surface area contributed by atoms with Crippen LogP contribution in [-0.2, 0) is 19.5 Å². The molecule has 1 heterocycles. The number of benzene rings is 1. The van der Waals surface area contributed by atoms with Gasteiger partial charge in [0.15, 0.2) is 11.1 Å². The summed E-state index contributed by atoms with van der Waals surface area (Å²) in [5.74, 6) is 3.35. The lowest BCUT2D eigenvalue weighted by atomic mass is 10.1. The summed E-state index contributed by atoms with van der Waals surface area (Å²) in [4.78, 5) is 4.35. The summed E-state index contributed by atoms with van der Waals surface area (Å²) in [5, 5.41) is 16.5. The zero-order valence-corrected chi connectivity index (χ0v) is 20.7. The quantitative estimate of drug-likeness (QED) is 0.222. The Kier molecular flexibility index (Phi) is 10.7. The van der Waals surface area contributed by atoms with Gasteiger partial charge in [-0.25, -0.2) is 0 Å². The second kappa shape index (κ2) is 13.2. The summed E-state index contributed by atoms with van der Waals surface area (Å²) in [6, 6.07) is 6.33. The van der Waals surface area contributed by atoms with Crippen LogP contribution < -0.4 is 15.4 Å². The summed E-state index contributed by atoms with van der Waals surface area (Å²) < 4.78 is 8.16. The number of guanidine groups is 1. The molecule has 0 unspecified atom stereocenters. The summed E-state index contributed by atoms with van der Waals surface area (Å²) >= 11 is 1.65. The lowest BCUT2D eigenvalue weighted by Crippen LogP contribution is -2.37. The summed E-state index contributed by atoms with van der Waals surface area (Å²) in [7, 11) is 1.79. The van der Waals surface area contributed by atoms with Crippen LogP contribution in [0, 0.1) is 12.8 Å². The molecule has 8 heteroatoms. The van der Waals surface area contributed by atoms with Crippen molar-refractivity contribution in [2.75, 3.05) is 26.5 Å².